The highest BCUT2D eigenvalue weighted by Gasteiger charge is 2.29. The molecule has 1 fully saturated rings. The van der Waals surface area contributed by atoms with Crippen molar-refractivity contribution in [2.24, 2.45) is 4.36 Å². The molecular formula is C15H17N5OS. The number of rotatable bonds is 3. The number of H-pyrrole nitrogens is 1. The summed E-state index contributed by atoms with van der Waals surface area (Å²) in [5.74, 6) is 1.87. The van der Waals surface area contributed by atoms with Gasteiger partial charge < -0.3 is 0 Å². The summed E-state index contributed by atoms with van der Waals surface area (Å²) in [6, 6.07) is 7.79. The minimum Gasteiger partial charge on any atom is -0.282 e. The van der Waals surface area contributed by atoms with Crippen molar-refractivity contribution in [3.8, 4) is 5.82 Å². The summed E-state index contributed by atoms with van der Waals surface area (Å²) in [7, 11) is -2.23. The third kappa shape index (κ3) is 2.41. The average molecular weight is 315 g/mol. The quantitative estimate of drug-likeness (QED) is 0.807. The zero-order valence-electron chi connectivity index (χ0n) is 12.5. The van der Waals surface area contributed by atoms with Crippen LogP contribution in [0.4, 0.5) is 5.82 Å². The fourth-order valence-electron chi connectivity index (χ4n) is 2.67. The number of hydrogen-bond acceptors (Lipinski definition) is 4. The van der Waals surface area contributed by atoms with E-state index in [9.17, 15) is 4.21 Å². The molecule has 1 N–H and O–H groups in total. The summed E-state index contributed by atoms with van der Waals surface area (Å²) in [5.41, 5.74) is 2.20. The van der Waals surface area contributed by atoms with E-state index in [1.165, 1.54) is 18.5 Å². The third-order valence-electron chi connectivity index (χ3n) is 3.69. The van der Waals surface area contributed by atoms with E-state index in [4.69, 9.17) is 0 Å². The van der Waals surface area contributed by atoms with Gasteiger partial charge in [0, 0.05) is 33.3 Å². The first-order valence-corrected chi connectivity index (χ1v) is 9.54. The molecule has 0 atom stereocenters. The van der Waals surface area contributed by atoms with Gasteiger partial charge in [-0.2, -0.15) is 9.46 Å². The number of hydrogen-bond donors (Lipinski definition) is 1. The fraction of sp³-hybridized carbons (Fsp3) is 0.333. The molecule has 3 aromatic rings. The molecule has 0 saturated heterocycles. The van der Waals surface area contributed by atoms with E-state index >= 15 is 0 Å². The van der Waals surface area contributed by atoms with Gasteiger partial charge in [0.05, 0.1) is 6.20 Å². The van der Waals surface area contributed by atoms with Crippen molar-refractivity contribution in [2.75, 3.05) is 12.5 Å². The lowest BCUT2D eigenvalue weighted by atomic mass is 10.3. The number of pyridine rings is 1. The zero-order valence-corrected chi connectivity index (χ0v) is 13.3. The van der Waals surface area contributed by atoms with Gasteiger partial charge in [0.2, 0.25) is 0 Å². The molecule has 1 saturated carbocycles. The molecule has 1 aliphatic rings. The Morgan fingerprint density at radius 3 is 2.91 bits per heavy atom. The second kappa shape index (κ2) is 4.67. The van der Waals surface area contributed by atoms with Gasteiger partial charge in [-0.3, -0.25) is 9.67 Å². The van der Waals surface area contributed by atoms with Crippen LogP contribution in [0.3, 0.4) is 0 Å². The van der Waals surface area contributed by atoms with Crippen LogP contribution in [0.1, 0.15) is 24.5 Å². The highest BCUT2D eigenvalue weighted by atomic mass is 32.2. The van der Waals surface area contributed by atoms with Gasteiger partial charge >= 0.3 is 0 Å². The van der Waals surface area contributed by atoms with E-state index in [2.05, 4.69) is 30.2 Å². The van der Waals surface area contributed by atoms with Crippen LogP contribution in [-0.2, 0) is 9.73 Å². The predicted octanol–water partition coefficient (Wildman–Crippen LogP) is 2.99. The average Bonchev–Trinajstić information content (AvgIpc) is 3.06. The van der Waals surface area contributed by atoms with E-state index in [1.54, 1.807) is 18.6 Å². The highest BCUT2D eigenvalue weighted by Crippen LogP contribution is 2.43. The monoisotopic (exact) mass is 315 g/mol. The molecule has 3 heterocycles. The minimum atomic E-state index is -2.23. The van der Waals surface area contributed by atoms with Crippen LogP contribution in [-0.4, -0.2) is 36.5 Å². The lowest BCUT2D eigenvalue weighted by Gasteiger charge is -2.09. The Labute approximate surface area is 128 Å². The Hall–Kier alpha value is -2.15. The van der Waals surface area contributed by atoms with Crippen molar-refractivity contribution in [2.45, 2.75) is 18.8 Å². The van der Waals surface area contributed by atoms with Crippen LogP contribution in [0.25, 0.3) is 16.9 Å². The maximum absolute atomic E-state index is 11.9. The molecule has 0 aromatic carbocycles. The Bertz CT molecular complexity index is 965. The van der Waals surface area contributed by atoms with Crippen LogP contribution < -0.4 is 0 Å². The molecule has 3 aromatic heterocycles. The topological polar surface area (TPSA) is 75.9 Å². The van der Waals surface area contributed by atoms with E-state index in [0.29, 0.717) is 11.7 Å². The SMILES string of the molecule is CS(C)(=O)=Nc1cccc(-n2c(C3CC3)cc3cn[nH]c32)n1. The fourth-order valence-corrected chi connectivity index (χ4v) is 3.22. The predicted molar refractivity (Wildman–Crippen MR) is 87.3 cm³/mol. The second-order valence-corrected chi connectivity index (χ2v) is 8.52. The molecule has 0 unspecified atom stereocenters. The zero-order chi connectivity index (χ0) is 15.3. The smallest absolute Gasteiger partial charge is 0.163 e. The third-order valence-corrected chi connectivity index (χ3v) is 4.32. The van der Waals surface area contributed by atoms with Crippen LogP contribution in [0.2, 0.25) is 0 Å². The van der Waals surface area contributed by atoms with Crippen LogP contribution in [0, 0.1) is 0 Å². The van der Waals surface area contributed by atoms with Crippen LogP contribution in [0.5, 0.6) is 0 Å². The van der Waals surface area contributed by atoms with Gasteiger partial charge in [-0.1, -0.05) is 6.07 Å². The van der Waals surface area contributed by atoms with Crippen molar-refractivity contribution in [1.82, 2.24) is 19.7 Å². The summed E-state index contributed by atoms with van der Waals surface area (Å²) >= 11 is 0. The van der Waals surface area contributed by atoms with Crippen molar-refractivity contribution in [1.29, 1.82) is 0 Å². The number of aromatic nitrogens is 4. The van der Waals surface area contributed by atoms with Gasteiger partial charge in [0.25, 0.3) is 0 Å². The lowest BCUT2D eigenvalue weighted by Crippen LogP contribution is -2.02. The molecule has 0 aliphatic heterocycles. The maximum Gasteiger partial charge on any atom is 0.163 e. The second-order valence-electron chi connectivity index (χ2n) is 5.98. The highest BCUT2D eigenvalue weighted by molar-refractivity contribution is 7.92. The number of aromatic amines is 1. The standard InChI is InChI=1S/C15H17N5OS/c1-22(2,21)19-13-4-3-5-14(17-13)20-12(10-6-7-10)8-11-9-16-18-15(11)20/h3-5,8-10H,6-7H2,1-2H3,(H,16,18). The first kappa shape index (κ1) is 13.5. The van der Waals surface area contributed by atoms with Gasteiger partial charge in [-0.25, -0.2) is 9.19 Å². The number of nitrogens with one attached hydrogen (secondary N) is 1. The Balaban J connectivity index is 1.92. The molecule has 0 bridgehead atoms. The van der Waals surface area contributed by atoms with Crippen molar-refractivity contribution >= 4 is 26.6 Å². The van der Waals surface area contributed by atoms with Crippen molar-refractivity contribution < 1.29 is 4.21 Å². The summed E-state index contributed by atoms with van der Waals surface area (Å²) in [6.45, 7) is 0. The number of nitrogens with zero attached hydrogens (tertiary/aromatic N) is 4. The number of fused-ring (bicyclic) bond motifs is 1. The Morgan fingerprint density at radius 2 is 2.18 bits per heavy atom. The summed E-state index contributed by atoms with van der Waals surface area (Å²) in [4.78, 5) is 4.57. The normalized spacial score (nSPS) is 15.4. The summed E-state index contributed by atoms with van der Waals surface area (Å²) in [5, 5.41) is 8.23. The van der Waals surface area contributed by atoms with E-state index in [1.807, 2.05) is 18.3 Å². The van der Waals surface area contributed by atoms with Gasteiger partial charge in [-0.15, -0.1) is 0 Å². The first-order valence-electron chi connectivity index (χ1n) is 7.20. The van der Waals surface area contributed by atoms with E-state index in [-0.39, 0.29) is 0 Å². The maximum atomic E-state index is 11.9. The molecule has 114 valence electrons. The summed E-state index contributed by atoms with van der Waals surface area (Å²) in [6.07, 6.45) is 7.47. The van der Waals surface area contributed by atoms with E-state index in [0.717, 1.165) is 16.9 Å². The molecule has 4 rings (SSSR count). The molecule has 6 nitrogen and oxygen atoms in total. The first-order chi connectivity index (χ1) is 10.5. The van der Waals surface area contributed by atoms with Crippen molar-refractivity contribution in [3.63, 3.8) is 0 Å². The van der Waals surface area contributed by atoms with Crippen LogP contribution in [0.15, 0.2) is 34.8 Å². The molecule has 22 heavy (non-hydrogen) atoms. The molecule has 7 heteroatoms. The molecule has 0 amide bonds. The van der Waals surface area contributed by atoms with Crippen LogP contribution >= 0.6 is 0 Å². The minimum absolute atomic E-state index is 0.496. The molecule has 0 radical (unpaired) electrons. The molecule has 1 aliphatic carbocycles. The van der Waals surface area contributed by atoms with Crippen molar-refractivity contribution in [3.05, 3.63) is 36.2 Å². The summed E-state index contributed by atoms with van der Waals surface area (Å²) < 4.78 is 18.2. The van der Waals surface area contributed by atoms with E-state index < -0.39 is 9.73 Å². The largest absolute Gasteiger partial charge is 0.282 e. The Kier molecular flexibility index (Phi) is 2.87. The lowest BCUT2D eigenvalue weighted by molar-refractivity contribution is 0.684. The van der Waals surface area contributed by atoms with Gasteiger partial charge in [0.1, 0.15) is 11.5 Å². The van der Waals surface area contributed by atoms with Gasteiger partial charge in [-0.05, 0) is 37.0 Å². The molecule has 0 spiro atoms. The van der Waals surface area contributed by atoms with Gasteiger partial charge in [0.15, 0.2) is 5.82 Å². The molecular weight excluding hydrogens is 298 g/mol. The Morgan fingerprint density at radius 1 is 1.36 bits per heavy atom.